The van der Waals surface area contributed by atoms with E-state index in [4.69, 9.17) is 5.11 Å². The summed E-state index contributed by atoms with van der Waals surface area (Å²) >= 11 is 0. The van der Waals surface area contributed by atoms with Gasteiger partial charge in [-0.3, -0.25) is 4.79 Å². The minimum Gasteiger partial charge on any atom is -0.481 e. The first-order chi connectivity index (χ1) is 9.65. The lowest BCUT2D eigenvalue weighted by molar-refractivity contribution is -0.143. The summed E-state index contributed by atoms with van der Waals surface area (Å²) in [7, 11) is -0.455. The van der Waals surface area contributed by atoms with Gasteiger partial charge in [-0.25, -0.2) is 17.5 Å². The van der Waals surface area contributed by atoms with Crippen molar-refractivity contribution in [2.24, 2.45) is 5.92 Å². The van der Waals surface area contributed by atoms with Crippen molar-refractivity contribution in [3.8, 4) is 0 Å². The number of carboxylic acids is 1. The van der Waals surface area contributed by atoms with E-state index >= 15 is 0 Å². The molecule has 1 rings (SSSR count). The highest BCUT2D eigenvalue weighted by Crippen LogP contribution is 2.22. The van der Waals surface area contributed by atoms with Crippen molar-refractivity contribution in [2.45, 2.75) is 25.8 Å². The molecule has 122 valence electrons. The van der Waals surface area contributed by atoms with E-state index in [0.29, 0.717) is 19.4 Å². The number of piperidine rings is 1. The number of hydrogen-bond donors (Lipinski definition) is 2. The first-order valence-corrected chi connectivity index (χ1v) is 8.43. The third-order valence-electron chi connectivity index (χ3n) is 3.68. The van der Waals surface area contributed by atoms with Crippen molar-refractivity contribution in [1.82, 2.24) is 14.5 Å². The second-order valence-corrected chi connectivity index (χ2v) is 7.73. The molecule has 2 unspecified atom stereocenters. The zero-order valence-electron chi connectivity index (χ0n) is 12.6. The molecule has 8 nitrogen and oxygen atoms in total. The molecule has 0 aromatic carbocycles. The quantitative estimate of drug-likeness (QED) is 0.727. The zero-order chi connectivity index (χ0) is 16.2. The van der Waals surface area contributed by atoms with E-state index in [2.05, 4.69) is 5.32 Å². The van der Waals surface area contributed by atoms with Crippen LogP contribution >= 0.6 is 0 Å². The standard InChI is InChI=1S/C12H23N3O5S/c1-9-8-10(11(16)17)4-6-15(9)12(18)13-5-7-21(19,20)14(2)3/h9-10H,4-8H2,1-3H3,(H,13,18)(H,16,17). The molecule has 0 bridgehead atoms. The Kier molecular flexibility index (Phi) is 5.97. The van der Waals surface area contributed by atoms with Crippen molar-refractivity contribution in [2.75, 3.05) is 32.9 Å². The minimum atomic E-state index is -3.34. The van der Waals surface area contributed by atoms with Crippen molar-refractivity contribution in [3.63, 3.8) is 0 Å². The number of carbonyl (C=O) groups is 2. The lowest BCUT2D eigenvalue weighted by Gasteiger charge is -2.36. The van der Waals surface area contributed by atoms with E-state index in [1.165, 1.54) is 14.1 Å². The van der Waals surface area contributed by atoms with Crippen molar-refractivity contribution in [3.05, 3.63) is 0 Å². The van der Waals surface area contributed by atoms with Gasteiger partial charge in [-0.05, 0) is 19.8 Å². The average Bonchev–Trinajstić information content (AvgIpc) is 2.37. The van der Waals surface area contributed by atoms with Gasteiger partial charge in [-0.2, -0.15) is 0 Å². The summed E-state index contributed by atoms with van der Waals surface area (Å²) < 4.78 is 24.2. The lowest BCUT2D eigenvalue weighted by atomic mass is 9.92. The molecular weight excluding hydrogens is 298 g/mol. The maximum absolute atomic E-state index is 12.0. The third-order valence-corrected chi connectivity index (χ3v) is 5.51. The van der Waals surface area contributed by atoms with Gasteiger partial charge in [0.05, 0.1) is 11.7 Å². The smallest absolute Gasteiger partial charge is 0.317 e. The van der Waals surface area contributed by atoms with Gasteiger partial charge in [0.1, 0.15) is 0 Å². The van der Waals surface area contributed by atoms with Crippen LogP contribution in [0.5, 0.6) is 0 Å². The molecule has 1 saturated heterocycles. The van der Waals surface area contributed by atoms with Crippen LogP contribution in [0.1, 0.15) is 19.8 Å². The van der Waals surface area contributed by atoms with Gasteiger partial charge >= 0.3 is 12.0 Å². The van der Waals surface area contributed by atoms with E-state index in [1.807, 2.05) is 0 Å². The summed E-state index contributed by atoms with van der Waals surface area (Å²) in [4.78, 5) is 24.5. The maximum atomic E-state index is 12.0. The first kappa shape index (κ1) is 17.7. The van der Waals surface area contributed by atoms with E-state index in [1.54, 1.807) is 11.8 Å². The molecule has 2 atom stereocenters. The van der Waals surface area contributed by atoms with Gasteiger partial charge in [0.25, 0.3) is 0 Å². The van der Waals surface area contributed by atoms with Gasteiger partial charge in [0, 0.05) is 33.2 Å². The number of nitrogens with one attached hydrogen (secondary N) is 1. The van der Waals surface area contributed by atoms with Gasteiger partial charge in [0.2, 0.25) is 10.0 Å². The number of urea groups is 1. The fraction of sp³-hybridized carbons (Fsp3) is 0.833. The van der Waals surface area contributed by atoms with Gasteiger partial charge in [-0.1, -0.05) is 0 Å². The van der Waals surface area contributed by atoms with Crippen LogP contribution in [0.4, 0.5) is 4.79 Å². The zero-order valence-corrected chi connectivity index (χ0v) is 13.4. The summed E-state index contributed by atoms with van der Waals surface area (Å²) in [5.41, 5.74) is 0. The Morgan fingerprint density at radius 3 is 2.48 bits per heavy atom. The number of hydrogen-bond acceptors (Lipinski definition) is 4. The van der Waals surface area contributed by atoms with Crippen LogP contribution < -0.4 is 5.32 Å². The maximum Gasteiger partial charge on any atom is 0.317 e. The second kappa shape index (κ2) is 7.08. The Morgan fingerprint density at radius 1 is 1.38 bits per heavy atom. The normalized spacial score (nSPS) is 23.1. The van der Waals surface area contributed by atoms with Crippen LogP contribution in [-0.2, 0) is 14.8 Å². The Balaban J connectivity index is 2.45. The monoisotopic (exact) mass is 321 g/mol. The average molecular weight is 321 g/mol. The Bertz CT molecular complexity index is 491. The SMILES string of the molecule is CC1CC(C(=O)O)CCN1C(=O)NCCS(=O)(=O)N(C)C. The largest absolute Gasteiger partial charge is 0.481 e. The molecule has 1 aliphatic heterocycles. The first-order valence-electron chi connectivity index (χ1n) is 6.82. The van der Waals surface area contributed by atoms with Gasteiger partial charge < -0.3 is 15.3 Å². The van der Waals surface area contributed by atoms with Crippen LogP contribution in [0.2, 0.25) is 0 Å². The highest BCUT2D eigenvalue weighted by Gasteiger charge is 2.32. The highest BCUT2D eigenvalue weighted by molar-refractivity contribution is 7.89. The predicted molar refractivity (Wildman–Crippen MR) is 77.4 cm³/mol. The summed E-state index contributed by atoms with van der Waals surface area (Å²) in [5.74, 6) is -1.41. The molecule has 2 amide bonds. The molecule has 2 N–H and O–H groups in total. The number of nitrogens with zero attached hydrogens (tertiary/aromatic N) is 2. The number of aliphatic carboxylic acids is 1. The third kappa shape index (κ3) is 4.85. The van der Waals surface area contributed by atoms with E-state index in [-0.39, 0.29) is 24.4 Å². The second-order valence-electron chi connectivity index (χ2n) is 5.43. The molecule has 0 spiro atoms. The number of sulfonamides is 1. The fourth-order valence-corrected chi connectivity index (χ4v) is 2.99. The molecule has 0 radical (unpaired) electrons. The molecule has 9 heteroatoms. The van der Waals surface area contributed by atoms with E-state index in [9.17, 15) is 18.0 Å². The molecule has 0 aromatic rings. The van der Waals surface area contributed by atoms with Crippen LogP contribution in [0.3, 0.4) is 0 Å². The molecule has 0 aromatic heterocycles. The summed E-state index contributed by atoms with van der Waals surface area (Å²) in [5, 5.41) is 11.5. The fourth-order valence-electron chi connectivity index (χ4n) is 2.27. The molecule has 1 fully saturated rings. The van der Waals surface area contributed by atoms with Crippen molar-refractivity contribution in [1.29, 1.82) is 0 Å². The topological polar surface area (TPSA) is 107 Å². The van der Waals surface area contributed by atoms with Gasteiger partial charge in [-0.15, -0.1) is 0 Å². The van der Waals surface area contributed by atoms with Crippen LogP contribution in [-0.4, -0.2) is 73.7 Å². The Morgan fingerprint density at radius 2 is 2.00 bits per heavy atom. The molecular formula is C12H23N3O5S. The molecule has 21 heavy (non-hydrogen) atoms. The van der Waals surface area contributed by atoms with Crippen molar-refractivity contribution >= 4 is 22.0 Å². The van der Waals surface area contributed by atoms with Crippen LogP contribution in [0.25, 0.3) is 0 Å². The minimum absolute atomic E-state index is 0.0327. The lowest BCUT2D eigenvalue weighted by Crippen LogP contribution is -2.51. The number of rotatable bonds is 5. The number of amides is 2. The van der Waals surface area contributed by atoms with Crippen molar-refractivity contribution < 1.29 is 23.1 Å². The van der Waals surface area contributed by atoms with Gasteiger partial charge in [0.15, 0.2) is 0 Å². The summed E-state index contributed by atoms with van der Waals surface area (Å²) in [6, 6.07) is -0.523. The van der Waals surface area contributed by atoms with E-state index in [0.717, 1.165) is 4.31 Å². The van der Waals surface area contributed by atoms with Crippen LogP contribution in [0.15, 0.2) is 0 Å². The predicted octanol–water partition coefficient (Wildman–Crippen LogP) is -0.227. The van der Waals surface area contributed by atoms with E-state index < -0.39 is 21.9 Å². The Labute approximate surface area is 125 Å². The van der Waals surface area contributed by atoms with Crippen LogP contribution in [0, 0.1) is 5.92 Å². The molecule has 1 aliphatic rings. The molecule has 0 saturated carbocycles. The number of likely N-dealkylation sites (tertiary alicyclic amines) is 1. The highest BCUT2D eigenvalue weighted by atomic mass is 32.2. The summed E-state index contributed by atoms with van der Waals surface area (Å²) in [6.07, 6.45) is 0.835. The number of carbonyl (C=O) groups excluding carboxylic acids is 1. The molecule has 0 aliphatic carbocycles. The Hall–Kier alpha value is -1.35. The molecule has 1 heterocycles. The summed E-state index contributed by atoms with van der Waals surface area (Å²) in [6.45, 7) is 2.20. The number of carboxylic acid groups (broad SMARTS) is 1.